The normalized spacial score (nSPS) is 14.0. The zero-order valence-corrected chi connectivity index (χ0v) is 17.6. The fourth-order valence-electron chi connectivity index (χ4n) is 3.33. The number of sulfonamides is 1. The number of fused-ring (bicyclic) bond motifs is 1. The molecule has 1 aliphatic heterocycles. The van der Waals surface area contributed by atoms with E-state index in [2.05, 4.69) is 14.7 Å². The predicted octanol–water partition coefficient (Wildman–Crippen LogP) is 2.69. The van der Waals surface area contributed by atoms with Gasteiger partial charge in [0, 0.05) is 31.0 Å². The molecule has 11 heteroatoms. The highest BCUT2D eigenvalue weighted by Gasteiger charge is 2.27. The van der Waals surface area contributed by atoms with Crippen LogP contribution in [0.25, 0.3) is 11.4 Å². The molecule has 148 valence electrons. The van der Waals surface area contributed by atoms with Gasteiger partial charge in [0.2, 0.25) is 11.7 Å². The van der Waals surface area contributed by atoms with Crippen molar-refractivity contribution in [1.82, 2.24) is 19.0 Å². The van der Waals surface area contributed by atoms with E-state index in [0.717, 1.165) is 46.4 Å². The molecular weight excluding hydrogens is 424 g/mol. The van der Waals surface area contributed by atoms with Gasteiger partial charge in [0.25, 0.3) is 10.0 Å². The smallest absolute Gasteiger partial charge is 0.252 e. The Balaban J connectivity index is 1.63. The lowest BCUT2D eigenvalue weighted by molar-refractivity contribution is 0.337. The minimum absolute atomic E-state index is 0.111. The minimum atomic E-state index is -3.72. The Bertz CT molecular complexity index is 1210. The number of halogens is 1. The topological polar surface area (TPSA) is 98.3 Å². The molecule has 0 atom stereocenters. The molecule has 4 heterocycles. The minimum Gasteiger partial charge on any atom is -0.348 e. The largest absolute Gasteiger partial charge is 0.348 e. The van der Waals surface area contributed by atoms with Crippen molar-refractivity contribution in [2.45, 2.75) is 37.1 Å². The van der Waals surface area contributed by atoms with Crippen LogP contribution in [-0.2, 0) is 29.5 Å². The molecular formula is C17H17ClN4O4S2. The molecule has 1 aliphatic rings. The number of thiophene rings is 1. The van der Waals surface area contributed by atoms with Crippen LogP contribution in [0.2, 0.25) is 4.34 Å². The first kappa shape index (κ1) is 19.3. The Morgan fingerprint density at radius 2 is 2.18 bits per heavy atom. The van der Waals surface area contributed by atoms with E-state index in [9.17, 15) is 13.2 Å². The molecule has 3 aromatic heterocycles. The van der Waals surface area contributed by atoms with E-state index in [1.807, 2.05) is 6.92 Å². The van der Waals surface area contributed by atoms with Gasteiger partial charge in [-0.1, -0.05) is 16.8 Å². The van der Waals surface area contributed by atoms with Crippen molar-refractivity contribution < 1.29 is 12.9 Å². The Morgan fingerprint density at radius 3 is 2.89 bits per heavy atom. The van der Waals surface area contributed by atoms with Crippen LogP contribution in [0.15, 0.2) is 31.7 Å². The van der Waals surface area contributed by atoms with Crippen molar-refractivity contribution >= 4 is 33.0 Å². The third kappa shape index (κ3) is 3.30. The molecule has 4 rings (SSSR count). The maximum atomic E-state index is 12.6. The van der Waals surface area contributed by atoms with Gasteiger partial charge < -0.3 is 9.09 Å². The Kier molecular flexibility index (Phi) is 4.90. The molecule has 0 spiro atoms. The summed E-state index contributed by atoms with van der Waals surface area (Å²) >= 11 is 6.82. The highest BCUT2D eigenvalue weighted by Crippen LogP contribution is 2.29. The second kappa shape index (κ2) is 7.11. The van der Waals surface area contributed by atoms with E-state index < -0.39 is 10.0 Å². The van der Waals surface area contributed by atoms with Crippen LogP contribution >= 0.6 is 22.9 Å². The second-order valence-electron chi connectivity index (χ2n) is 6.56. The zero-order chi connectivity index (χ0) is 20.1. The SMILES string of the molecule is Cc1cc(=O)c(-c2noc(CN(C)S(=O)(=O)c3ccc(Cl)s3)n2)c2n1CCC2. The van der Waals surface area contributed by atoms with Crippen molar-refractivity contribution in [3.63, 3.8) is 0 Å². The van der Waals surface area contributed by atoms with Crippen LogP contribution in [0.1, 0.15) is 23.7 Å². The van der Waals surface area contributed by atoms with Gasteiger partial charge >= 0.3 is 0 Å². The van der Waals surface area contributed by atoms with E-state index >= 15 is 0 Å². The van der Waals surface area contributed by atoms with Gasteiger partial charge in [0.15, 0.2) is 5.43 Å². The maximum Gasteiger partial charge on any atom is 0.252 e. The summed E-state index contributed by atoms with van der Waals surface area (Å²) in [6.45, 7) is 2.64. The summed E-state index contributed by atoms with van der Waals surface area (Å²) in [4.78, 5) is 16.8. The molecule has 0 amide bonds. The lowest BCUT2D eigenvalue weighted by atomic mass is 10.1. The zero-order valence-electron chi connectivity index (χ0n) is 15.2. The van der Waals surface area contributed by atoms with Crippen LogP contribution in [0, 0.1) is 6.92 Å². The monoisotopic (exact) mass is 440 g/mol. The van der Waals surface area contributed by atoms with E-state index in [1.54, 1.807) is 6.07 Å². The van der Waals surface area contributed by atoms with Crippen molar-refractivity contribution in [1.29, 1.82) is 0 Å². The first-order valence-corrected chi connectivity index (χ1v) is 11.2. The fourth-order valence-corrected chi connectivity index (χ4v) is 6.14. The average Bonchev–Trinajstić information content (AvgIpc) is 3.36. The third-order valence-corrected chi connectivity index (χ3v) is 8.19. The van der Waals surface area contributed by atoms with Crippen molar-refractivity contribution in [2.24, 2.45) is 0 Å². The molecule has 0 aliphatic carbocycles. The van der Waals surface area contributed by atoms with E-state index in [0.29, 0.717) is 9.90 Å². The first-order valence-electron chi connectivity index (χ1n) is 8.55. The molecule has 0 N–H and O–H groups in total. The molecule has 28 heavy (non-hydrogen) atoms. The van der Waals surface area contributed by atoms with Gasteiger partial charge in [-0.05, 0) is 31.9 Å². The van der Waals surface area contributed by atoms with Gasteiger partial charge in [0.05, 0.1) is 16.4 Å². The molecule has 0 saturated heterocycles. The summed E-state index contributed by atoms with van der Waals surface area (Å²) in [6.07, 6.45) is 1.72. The molecule has 0 aromatic carbocycles. The Morgan fingerprint density at radius 1 is 1.39 bits per heavy atom. The summed E-state index contributed by atoms with van der Waals surface area (Å²) in [5.41, 5.74) is 2.07. The molecule has 0 bridgehead atoms. The predicted molar refractivity (Wildman–Crippen MR) is 105 cm³/mol. The Labute approximate surface area is 170 Å². The Hall–Kier alpha value is -2.01. The fraction of sp³-hybridized carbons (Fsp3) is 0.353. The molecule has 0 fully saturated rings. The number of aryl methyl sites for hydroxylation is 1. The van der Waals surface area contributed by atoms with Gasteiger partial charge in [-0.3, -0.25) is 4.79 Å². The highest BCUT2D eigenvalue weighted by molar-refractivity contribution is 7.91. The van der Waals surface area contributed by atoms with Gasteiger partial charge in [0.1, 0.15) is 4.21 Å². The summed E-state index contributed by atoms with van der Waals surface area (Å²) in [7, 11) is -2.30. The van der Waals surface area contributed by atoms with Crippen LogP contribution in [-0.4, -0.2) is 34.5 Å². The van der Waals surface area contributed by atoms with Crippen LogP contribution in [0.4, 0.5) is 0 Å². The van der Waals surface area contributed by atoms with Crippen molar-refractivity contribution in [2.75, 3.05) is 7.05 Å². The summed E-state index contributed by atoms with van der Waals surface area (Å²) in [5, 5.41) is 3.93. The third-order valence-electron chi connectivity index (χ3n) is 4.68. The standard InChI is InChI=1S/C17H17ClN4O4S2/c1-10-8-12(23)16(11-4-3-7-22(10)11)17-19-14(26-20-17)9-21(2)28(24,25)15-6-5-13(18)27-15/h5-6,8H,3-4,7,9H2,1-2H3. The molecule has 8 nitrogen and oxygen atoms in total. The van der Waals surface area contributed by atoms with Gasteiger partial charge in [-0.2, -0.15) is 9.29 Å². The second-order valence-corrected chi connectivity index (χ2v) is 10.5. The average molecular weight is 441 g/mol. The maximum absolute atomic E-state index is 12.6. The molecule has 3 aromatic rings. The number of hydrogen-bond donors (Lipinski definition) is 0. The van der Waals surface area contributed by atoms with E-state index in [1.165, 1.54) is 19.2 Å². The lowest BCUT2D eigenvalue weighted by Gasteiger charge is -2.13. The summed E-state index contributed by atoms with van der Waals surface area (Å²) < 4.78 is 34.2. The van der Waals surface area contributed by atoms with Crippen molar-refractivity contribution in [3.05, 3.63) is 50.0 Å². The number of rotatable bonds is 5. The highest BCUT2D eigenvalue weighted by atomic mass is 35.5. The van der Waals surface area contributed by atoms with Crippen molar-refractivity contribution in [3.8, 4) is 11.4 Å². The van der Waals surface area contributed by atoms with Crippen LogP contribution < -0.4 is 5.43 Å². The quantitative estimate of drug-likeness (QED) is 0.604. The van der Waals surface area contributed by atoms with Crippen LogP contribution in [0.3, 0.4) is 0 Å². The summed E-state index contributed by atoms with van der Waals surface area (Å²) in [5.74, 6) is 0.302. The van der Waals surface area contributed by atoms with Gasteiger partial charge in [-0.15, -0.1) is 11.3 Å². The lowest BCUT2D eigenvalue weighted by Crippen LogP contribution is -2.26. The molecule has 0 unspecified atom stereocenters. The first-order chi connectivity index (χ1) is 13.3. The van der Waals surface area contributed by atoms with Crippen LogP contribution in [0.5, 0.6) is 0 Å². The molecule has 0 radical (unpaired) electrons. The molecule has 0 saturated carbocycles. The number of aromatic nitrogens is 3. The van der Waals surface area contributed by atoms with E-state index in [-0.39, 0.29) is 27.9 Å². The summed E-state index contributed by atoms with van der Waals surface area (Å²) in [6, 6.07) is 4.55. The number of pyridine rings is 1. The van der Waals surface area contributed by atoms with E-state index in [4.69, 9.17) is 16.1 Å². The number of hydrogen-bond acceptors (Lipinski definition) is 7. The number of nitrogens with zero attached hydrogens (tertiary/aromatic N) is 4. The van der Waals surface area contributed by atoms with Gasteiger partial charge in [-0.25, -0.2) is 8.42 Å².